The molecule has 1 saturated heterocycles. The molecule has 0 aromatic heterocycles. The van der Waals surface area contributed by atoms with Crippen molar-refractivity contribution in [2.24, 2.45) is 5.29 Å². The van der Waals surface area contributed by atoms with E-state index in [1.54, 1.807) is 5.01 Å². The maximum absolute atomic E-state index is 13.3. The molecule has 27 heavy (non-hydrogen) atoms. The van der Waals surface area contributed by atoms with Crippen molar-refractivity contribution >= 4 is 5.78 Å². The van der Waals surface area contributed by atoms with Crippen LogP contribution in [0, 0.1) is 4.91 Å². The van der Waals surface area contributed by atoms with Crippen LogP contribution in [0.25, 0.3) is 0 Å². The predicted molar refractivity (Wildman–Crippen MR) is 105 cm³/mol. The highest BCUT2D eigenvalue weighted by Gasteiger charge is 2.45. The van der Waals surface area contributed by atoms with Gasteiger partial charge in [-0.1, -0.05) is 91.0 Å². The molecule has 1 aliphatic rings. The number of Topliss-reactive ketones (excluding diaryl/α,β-unsaturated/α-hetero) is 1. The molecular weight excluding hydrogens is 336 g/mol. The van der Waals surface area contributed by atoms with Crippen LogP contribution in [-0.4, -0.2) is 10.8 Å². The fourth-order valence-corrected chi connectivity index (χ4v) is 4.01. The Hall–Kier alpha value is -3.27. The van der Waals surface area contributed by atoms with Crippen LogP contribution in [0.15, 0.2) is 96.3 Å². The third kappa shape index (κ3) is 3.26. The Labute approximate surface area is 158 Å². The lowest BCUT2D eigenvalue weighted by atomic mass is 9.76. The van der Waals surface area contributed by atoms with Crippen molar-refractivity contribution in [1.82, 2.24) is 5.01 Å². The highest BCUT2D eigenvalue weighted by atomic mass is 16.3. The van der Waals surface area contributed by atoms with E-state index in [0.29, 0.717) is 0 Å². The van der Waals surface area contributed by atoms with Gasteiger partial charge in [0.2, 0.25) is 0 Å². The molecule has 0 unspecified atom stereocenters. The largest absolute Gasteiger partial charge is 0.299 e. The van der Waals surface area contributed by atoms with E-state index in [1.165, 1.54) is 0 Å². The van der Waals surface area contributed by atoms with Crippen LogP contribution in [0.4, 0.5) is 0 Å². The zero-order chi connectivity index (χ0) is 18.6. The summed E-state index contributed by atoms with van der Waals surface area (Å²) < 4.78 is 0. The highest BCUT2D eigenvalue weighted by molar-refractivity contribution is 5.88. The lowest BCUT2D eigenvalue weighted by molar-refractivity contribution is -0.128. The average Bonchev–Trinajstić information content (AvgIpc) is 2.75. The van der Waals surface area contributed by atoms with E-state index in [-0.39, 0.29) is 18.2 Å². The third-order valence-corrected chi connectivity index (χ3v) is 5.24. The zero-order valence-electron chi connectivity index (χ0n) is 14.8. The monoisotopic (exact) mass is 356 g/mol. The van der Waals surface area contributed by atoms with Gasteiger partial charge < -0.3 is 0 Å². The number of carbonyl (C=O) groups excluding carboxylic acids is 1. The van der Waals surface area contributed by atoms with Gasteiger partial charge in [-0.25, -0.2) is 5.01 Å². The van der Waals surface area contributed by atoms with Gasteiger partial charge in [0.05, 0.1) is 23.3 Å². The fraction of sp³-hybridized carbons (Fsp3) is 0.174. The molecule has 0 spiro atoms. The molecule has 1 fully saturated rings. The van der Waals surface area contributed by atoms with Gasteiger partial charge >= 0.3 is 0 Å². The Morgan fingerprint density at radius 3 is 1.70 bits per heavy atom. The summed E-state index contributed by atoms with van der Waals surface area (Å²) in [6.07, 6.45) is 0.263. The standard InChI is InChI=1S/C23H20N2O2/c26-21-16-20(17-10-4-1-5-11-17)25(24-27)23(19-14-8-3-9-15-19)22(21)18-12-6-2-7-13-18/h1-15,20,22-23H,16H2/t20-,22+,23-/m1/s1. The fourth-order valence-electron chi connectivity index (χ4n) is 4.01. The first-order chi connectivity index (χ1) is 13.3. The first kappa shape index (κ1) is 17.2. The number of piperidine rings is 1. The second-order valence-electron chi connectivity index (χ2n) is 6.80. The number of benzene rings is 3. The zero-order valence-corrected chi connectivity index (χ0v) is 14.8. The van der Waals surface area contributed by atoms with Crippen molar-refractivity contribution in [3.63, 3.8) is 0 Å². The van der Waals surface area contributed by atoms with Crippen LogP contribution in [0.5, 0.6) is 0 Å². The molecule has 3 atom stereocenters. The van der Waals surface area contributed by atoms with E-state index in [9.17, 15) is 9.70 Å². The van der Waals surface area contributed by atoms with Crippen LogP contribution in [-0.2, 0) is 4.79 Å². The Morgan fingerprint density at radius 2 is 1.19 bits per heavy atom. The van der Waals surface area contributed by atoms with Crippen molar-refractivity contribution in [3.05, 3.63) is 113 Å². The Morgan fingerprint density at radius 1 is 0.704 bits per heavy atom. The molecule has 4 rings (SSSR count). The first-order valence-electron chi connectivity index (χ1n) is 9.08. The topological polar surface area (TPSA) is 49.7 Å². The molecule has 1 aliphatic heterocycles. The number of hydrogen-bond donors (Lipinski definition) is 0. The van der Waals surface area contributed by atoms with E-state index in [2.05, 4.69) is 5.29 Å². The number of carbonyl (C=O) groups is 1. The van der Waals surface area contributed by atoms with Crippen molar-refractivity contribution in [1.29, 1.82) is 0 Å². The van der Waals surface area contributed by atoms with Gasteiger partial charge in [0, 0.05) is 6.42 Å². The lowest BCUT2D eigenvalue weighted by Gasteiger charge is -2.42. The number of nitrogens with zero attached hydrogens (tertiary/aromatic N) is 2. The van der Waals surface area contributed by atoms with E-state index in [1.807, 2.05) is 91.0 Å². The first-order valence-corrected chi connectivity index (χ1v) is 9.08. The second-order valence-corrected chi connectivity index (χ2v) is 6.80. The summed E-state index contributed by atoms with van der Waals surface area (Å²) >= 11 is 0. The predicted octanol–water partition coefficient (Wildman–Crippen LogP) is 5.21. The van der Waals surface area contributed by atoms with Crippen LogP contribution < -0.4 is 0 Å². The smallest absolute Gasteiger partial charge is 0.145 e. The second kappa shape index (κ2) is 7.54. The molecule has 0 N–H and O–H groups in total. The molecular formula is C23H20N2O2. The van der Waals surface area contributed by atoms with Gasteiger partial charge in [-0.3, -0.25) is 4.79 Å². The molecule has 3 aromatic rings. The molecule has 4 nitrogen and oxygen atoms in total. The minimum absolute atomic E-state index is 0.129. The summed E-state index contributed by atoms with van der Waals surface area (Å²) in [5.41, 5.74) is 2.76. The van der Waals surface area contributed by atoms with E-state index in [0.717, 1.165) is 16.7 Å². The van der Waals surface area contributed by atoms with Gasteiger partial charge in [-0.2, -0.15) is 0 Å². The average molecular weight is 356 g/mol. The minimum Gasteiger partial charge on any atom is -0.299 e. The summed E-state index contributed by atoms with van der Waals surface area (Å²) in [6.45, 7) is 0. The molecule has 3 aromatic carbocycles. The van der Waals surface area contributed by atoms with E-state index in [4.69, 9.17) is 0 Å². The normalized spacial score (nSPS) is 22.4. The third-order valence-electron chi connectivity index (χ3n) is 5.24. The Kier molecular flexibility index (Phi) is 4.79. The van der Waals surface area contributed by atoms with Crippen molar-refractivity contribution < 1.29 is 4.79 Å². The highest BCUT2D eigenvalue weighted by Crippen LogP contribution is 2.47. The molecule has 0 saturated carbocycles. The van der Waals surface area contributed by atoms with Gasteiger partial charge in [0.1, 0.15) is 5.78 Å². The maximum atomic E-state index is 13.3. The number of hydrogen-bond acceptors (Lipinski definition) is 3. The number of rotatable bonds is 4. The van der Waals surface area contributed by atoms with Gasteiger partial charge in [-0.15, -0.1) is 4.91 Å². The molecule has 0 radical (unpaired) electrons. The summed E-state index contributed by atoms with van der Waals surface area (Å²) in [5, 5.41) is 4.98. The van der Waals surface area contributed by atoms with Crippen molar-refractivity contribution in [2.75, 3.05) is 0 Å². The molecule has 0 aliphatic carbocycles. The Bertz CT molecular complexity index is 913. The Balaban J connectivity index is 1.84. The lowest BCUT2D eigenvalue weighted by Crippen LogP contribution is -2.41. The summed E-state index contributed by atoms with van der Waals surface area (Å²) in [5.74, 6) is -0.296. The van der Waals surface area contributed by atoms with Crippen molar-refractivity contribution in [2.45, 2.75) is 24.4 Å². The van der Waals surface area contributed by atoms with Crippen LogP contribution in [0.2, 0.25) is 0 Å². The molecule has 1 heterocycles. The summed E-state index contributed by atoms with van der Waals surface area (Å²) in [4.78, 5) is 25.2. The van der Waals surface area contributed by atoms with Crippen molar-refractivity contribution in [3.8, 4) is 0 Å². The van der Waals surface area contributed by atoms with Crippen LogP contribution >= 0.6 is 0 Å². The molecule has 134 valence electrons. The number of nitroso groups, excluding NO2 is 1. The van der Waals surface area contributed by atoms with Gasteiger partial charge in [0.15, 0.2) is 0 Å². The van der Waals surface area contributed by atoms with Gasteiger partial charge in [0.25, 0.3) is 0 Å². The van der Waals surface area contributed by atoms with Crippen LogP contribution in [0.3, 0.4) is 0 Å². The minimum atomic E-state index is -0.433. The van der Waals surface area contributed by atoms with Crippen LogP contribution in [0.1, 0.15) is 41.1 Å². The van der Waals surface area contributed by atoms with E-state index < -0.39 is 12.0 Å². The number of ketones is 1. The quantitative estimate of drug-likeness (QED) is 0.603. The van der Waals surface area contributed by atoms with E-state index >= 15 is 0 Å². The summed E-state index contributed by atoms with van der Waals surface area (Å²) in [7, 11) is 0. The molecule has 0 bridgehead atoms. The SMILES string of the molecule is O=NN1[C@@H](c2ccccc2)CC(=O)[C@H](c2ccccc2)[C@H]1c1ccccc1. The van der Waals surface area contributed by atoms with Gasteiger partial charge in [-0.05, 0) is 16.7 Å². The molecule has 0 amide bonds. The summed E-state index contributed by atoms with van der Waals surface area (Å²) in [6, 6.07) is 28.2. The molecule has 4 heteroatoms. The maximum Gasteiger partial charge on any atom is 0.145 e.